The molecule has 2 atom stereocenters. The lowest BCUT2D eigenvalue weighted by Crippen LogP contribution is -2.37. The zero-order valence-corrected chi connectivity index (χ0v) is 14.8. The van der Waals surface area contributed by atoms with Gasteiger partial charge in [-0.15, -0.1) is 0 Å². The maximum absolute atomic E-state index is 3.89. The van der Waals surface area contributed by atoms with E-state index in [0.29, 0.717) is 6.04 Å². The van der Waals surface area contributed by atoms with Crippen molar-refractivity contribution in [3.05, 3.63) is 28.2 Å². The van der Waals surface area contributed by atoms with Crippen LogP contribution in [-0.4, -0.2) is 6.04 Å². The van der Waals surface area contributed by atoms with Gasteiger partial charge in [0.05, 0.1) is 0 Å². The Morgan fingerprint density at radius 2 is 1.67 bits per heavy atom. The van der Waals surface area contributed by atoms with Gasteiger partial charge in [0.1, 0.15) is 0 Å². The van der Waals surface area contributed by atoms with Gasteiger partial charge in [0.15, 0.2) is 0 Å². The highest BCUT2D eigenvalue weighted by molar-refractivity contribution is 9.10. The summed E-state index contributed by atoms with van der Waals surface area (Å²) in [4.78, 5) is 0. The zero-order valence-electron chi connectivity index (χ0n) is 13.2. The molecule has 1 nitrogen and oxygen atoms in total. The van der Waals surface area contributed by atoms with Crippen molar-refractivity contribution in [1.29, 1.82) is 0 Å². The average Bonchev–Trinajstić information content (AvgIpc) is 2.52. The fourth-order valence-electron chi connectivity index (χ4n) is 4.41. The van der Waals surface area contributed by atoms with Gasteiger partial charge in [-0.05, 0) is 65.2 Å². The number of hydrogen-bond acceptors (Lipinski definition) is 1. The third-order valence-electron chi connectivity index (χ3n) is 5.54. The minimum Gasteiger partial charge on any atom is -0.381 e. The third kappa shape index (κ3) is 3.83. The molecule has 0 aromatic heterocycles. The summed E-state index contributed by atoms with van der Waals surface area (Å²) >= 11 is 3.71. The molecule has 2 saturated carbocycles. The molecule has 2 heteroatoms. The van der Waals surface area contributed by atoms with E-state index >= 15 is 0 Å². The first-order chi connectivity index (χ1) is 10.2. The van der Waals surface area contributed by atoms with Crippen LogP contribution < -0.4 is 5.32 Å². The van der Waals surface area contributed by atoms with Crippen LogP contribution in [0, 0.1) is 18.8 Å². The first kappa shape index (κ1) is 15.4. The van der Waals surface area contributed by atoms with Crippen LogP contribution in [0.15, 0.2) is 22.7 Å². The summed E-state index contributed by atoms with van der Waals surface area (Å²) < 4.78 is 1.21. The first-order valence-corrected chi connectivity index (χ1v) is 9.56. The summed E-state index contributed by atoms with van der Waals surface area (Å²) in [7, 11) is 0. The van der Waals surface area contributed by atoms with Crippen molar-refractivity contribution in [2.75, 3.05) is 5.32 Å². The van der Waals surface area contributed by atoms with Crippen molar-refractivity contribution in [3.63, 3.8) is 0 Å². The van der Waals surface area contributed by atoms with E-state index in [9.17, 15) is 0 Å². The molecule has 1 N–H and O–H groups in total. The Morgan fingerprint density at radius 3 is 2.48 bits per heavy atom. The lowest BCUT2D eigenvalue weighted by atomic mass is 9.71. The van der Waals surface area contributed by atoms with Gasteiger partial charge >= 0.3 is 0 Å². The lowest BCUT2D eigenvalue weighted by Gasteiger charge is -2.40. The normalized spacial score (nSPS) is 27.5. The molecule has 0 aliphatic heterocycles. The highest BCUT2D eigenvalue weighted by Gasteiger charge is 2.32. The number of aryl methyl sites for hydroxylation is 1. The lowest BCUT2D eigenvalue weighted by molar-refractivity contribution is 0.180. The van der Waals surface area contributed by atoms with E-state index in [-0.39, 0.29) is 0 Å². The molecule has 0 radical (unpaired) electrons. The molecule has 2 aliphatic rings. The van der Waals surface area contributed by atoms with Gasteiger partial charge in [-0.1, -0.05) is 51.0 Å². The molecule has 0 spiro atoms. The minimum atomic E-state index is 0.681. The number of benzene rings is 1. The van der Waals surface area contributed by atoms with E-state index in [2.05, 4.69) is 46.4 Å². The fraction of sp³-hybridized carbons (Fsp3) is 0.684. The Kier molecular flexibility index (Phi) is 5.26. The van der Waals surface area contributed by atoms with E-state index in [1.807, 2.05) is 0 Å². The van der Waals surface area contributed by atoms with Gasteiger partial charge in [-0.25, -0.2) is 0 Å². The molecular weight excluding hydrogens is 322 g/mol. The van der Waals surface area contributed by atoms with Crippen LogP contribution in [0.3, 0.4) is 0 Å². The number of hydrogen-bond donors (Lipinski definition) is 1. The van der Waals surface area contributed by atoms with Gasteiger partial charge in [0, 0.05) is 16.2 Å². The predicted octanol–water partition coefficient (Wildman–Crippen LogP) is 6.31. The van der Waals surface area contributed by atoms with E-state index in [0.717, 1.165) is 11.8 Å². The molecule has 1 aromatic rings. The van der Waals surface area contributed by atoms with E-state index in [1.165, 1.54) is 73.5 Å². The Bertz CT molecular complexity index is 465. The molecule has 1 aromatic carbocycles. The number of halogens is 1. The highest BCUT2D eigenvalue weighted by Crippen LogP contribution is 2.40. The standard InChI is InChI=1S/C19H28BrN/c1-14-11-12-17(20)19(13-14)21-18-10-6-5-9-16(18)15-7-3-2-4-8-15/h11-13,15-16,18,21H,2-10H2,1H3. The van der Waals surface area contributed by atoms with Crippen molar-refractivity contribution >= 4 is 21.6 Å². The molecule has 0 heterocycles. The fourth-order valence-corrected chi connectivity index (χ4v) is 4.78. The molecule has 0 saturated heterocycles. The van der Waals surface area contributed by atoms with Crippen LogP contribution in [-0.2, 0) is 0 Å². The summed E-state index contributed by atoms with van der Waals surface area (Å²) in [6.07, 6.45) is 12.9. The second-order valence-electron chi connectivity index (χ2n) is 7.08. The van der Waals surface area contributed by atoms with Crippen LogP contribution >= 0.6 is 15.9 Å². The molecule has 2 aliphatic carbocycles. The van der Waals surface area contributed by atoms with Gasteiger partial charge in [-0.2, -0.15) is 0 Å². The van der Waals surface area contributed by atoms with Crippen molar-refractivity contribution in [3.8, 4) is 0 Å². The molecule has 21 heavy (non-hydrogen) atoms. The summed E-state index contributed by atoms with van der Waals surface area (Å²) in [6, 6.07) is 7.32. The van der Waals surface area contributed by atoms with Crippen molar-refractivity contribution in [1.82, 2.24) is 0 Å². The van der Waals surface area contributed by atoms with E-state index in [1.54, 1.807) is 0 Å². The first-order valence-electron chi connectivity index (χ1n) is 8.77. The second-order valence-corrected chi connectivity index (χ2v) is 7.93. The molecule has 2 unspecified atom stereocenters. The highest BCUT2D eigenvalue weighted by atomic mass is 79.9. The summed E-state index contributed by atoms with van der Waals surface area (Å²) in [5.41, 5.74) is 2.63. The molecule has 0 amide bonds. The van der Waals surface area contributed by atoms with E-state index < -0.39 is 0 Å². The van der Waals surface area contributed by atoms with E-state index in [4.69, 9.17) is 0 Å². The van der Waals surface area contributed by atoms with Crippen LogP contribution in [0.5, 0.6) is 0 Å². The summed E-state index contributed by atoms with van der Waals surface area (Å²) in [5, 5.41) is 3.89. The molecule has 0 bridgehead atoms. The maximum atomic E-state index is 3.89. The Labute approximate surface area is 138 Å². The number of rotatable bonds is 3. The molecule has 116 valence electrons. The Balaban J connectivity index is 1.73. The second kappa shape index (κ2) is 7.17. The van der Waals surface area contributed by atoms with Crippen LogP contribution in [0.25, 0.3) is 0 Å². The van der Waals surface area contributed by atoms with Gasteiger partial charge < -0.3 is 5.32 Å². The van der Waals surface area contributed by atoms with Crippen LogP contribution in [0.1, 0.15) is 63.4 Å². The van der Waals surface area contributed by atoms with Crippen LogP contribution in [0.4, 0.5) is 5.69 Å². The number of nitrogens with one attached hydrogen (secondary N) is 1. The largest absolute Gasteiger partial charge is 0.381 e. The van der Waals surface area contributed by atoms with Crippen LogP contribution in [0.2, 0.25) is 0 Å². The maximum Gasteiger partial charge on any atom is 0.0489 e. The van der Waals surface area contributed by atoms with Crippen molar-refractivity contribution in [2.45, 2.75) is 70.8 Å². The van der Waals surface area contributed by atoms with Gasteiger partial charge in [0.25, 0.3) is 0 Å². The quantitative estimate of drug-likeness (QED) is 0.674. The molecule has 3 rings (SSSR count). The number of anilines is 1. The molecule has 2 fully saturated rings. The van der Waals surface area contributed by atoms with Crippen molar-refractivity contribution in [2.24, 2.45) is 11.8 Å². The average molecular weight is 350 g/mol. The zero-order chi connectivity index (χ0) is 14.7. The smallest absolute Gasteiger partial charge is 0.0489 e. The Hall–Kier alpha value is -0.500. The summed E-state index contributed by atoms with van der Waals surface area (Å²) in [6.45, 7) is 2.18. The summed E-state index contributed by atoms with van der Waals surface area (Å²) in [5.74, 6) is 1.87. The topological polar surface area (TPSA) is 12.0 Å². The van der Waals surface area contributed by atoms with Gasteiger partial charge in [-0.3, -0.25) is 0 Å². The SMILES string of the molecule is Cc1ccc(Br)c(NC2CCCCC2C2CCCCC2)c1. The molecular formula is C19H28BrN. The third-order valence-corrected chi connectivity index (χ3v) is 6.23. The van der Waals surface area contributed by atoms with Crippen molar-refractivity contribution < 1.29 is 0 Å². The minimum absolute atomic E-state index is 0.681. The van der Waals surface area contributed by atoms with Gasteiger partial charge in [0.2, 0.25) is 0 Å². The Morgan fingerprint density at radius 1 is 0.952 bits per heavy atom. The predicted molar refractivity (Wildman–Crippen MR) is 94.8 cm³/mol. The monoisotopic (exact) mass is 349 g/mol.